The van der Waals surface area contributed by atoms with Crippen LogP contribution in [0, 0.1) is 59.2 Å². The highest BCUT2D eigenvalue weighted by molar-refractivity contribution is 5.99. The molecule has 15 atom stereocenters. The lowest BCUT2D eigenvalue weighted by molar-refractivity contribution is -0.139. The number of nitrogens with two attached hydrogens (primary N) is 7. The summed E-state index contributed by atoms with van der Waals surface area (Å²) >= 11 is 0. The van der Waals surface area contributed by atoms with E-state index < -0.39 is 185 Å². The largest absolute Gasteiger partial charge is 0.393 e. The second-order valence-electron chi connectivity index (χ2n) is 28.3. The molecule has 0 heterocycles. The van der Waals surface area contributed by atoms with E-state index >= 15 is 0 Å². The minimum Gasteiger partial charge on any atom is -0.393 e. The molecule has 29 nitrogen and oxygen atoms in total. The Hall–Kier alpha value is -6.82. The third-order valence-electron chi connectivity index (χ3n) is 18.2. The van der Waals surface area contributed by atoms with Crippen LogP contribution in [0.5, 0.6) is 0 Å². The molecule has 8 amide bonds. The lowest BCUT2D eigenvalue weighted by Gasteiger charge is -2.30. The third kappa shape index (κ3) is 36.9. The van der Waals surface area contributed by atoms with E-state index in [0.717, 1.165) is 0 Å². The van der Waals surface area contributed by atoms with Crippen LogP contribution in [0.15, 0.2) is 4.99 Å². The maximum absolute atomic E-state index is 14.5. The molecule has 0 fully saturated rings. The van der Waals surface area contributed by atoms with Gasteiger partial charge in [-0.3, -0.25) is 67.3 Å². The molecule has 0 spiro atoms. The van der Waals surface area contributed by atoms with Crippen LogP contribution < -0.4 is 72.0 Å². The molecular formula is C70H128N14O15. The molecule has 22 N–H and O–H groups in total. The van der Waals surface area contributed by atoms with Gasteiger partial charge in [-0.2, -0.15) is 0 Å². The van der Waals surface area contributed by atoms with Crippen LogP contribution in [-0.2, 0) is 62.3 Å². The van der Waals surface area contributed by atoms with E-state index in [1.807, 2.05) is 34.6 Å². The number of hydrogen-bond donors (Lipinski definition) is 15. The van der Waals surface area contributed by atoms with E-state index in [4.69, 9.17) is 40.1 Å². The monoisotopic (exact) mass is 1400 g/mol. The molecule has 0 radical (unpaired) electrons. The number of unbranched alkanes of at least 4 members (excludes halogenated alkanes) is 3. The molecule has 568 valence electrons. The Morgan fingerprint density at radius 2 is 0.808 bits per heavy atom. The highest BCUT2D eigenvalue weighted by Crippen LogP contribution is 2.26. The molecule has 0 saturated carbocycles. The van der Waals surface area contributed by atoms with Gasteiger partial charge in [0.2, 0.25) is 47.3 Å². The number of hydrogen-bond acceptors (Lipinski definition) is 19. The summed E-state index contributed by atoms with van der Waals surface area (Å²) in [5.74, 6) is -15.7. The summed E-state index contributed by atoms with van der Waals surface area (Å²) in [7, 11) is 0. The number of aliphatic hydroxyl groups excluding tert-OH is 2. The number of ketones is 5. The summed E-state index contributed by atoms with van der Waals surface area (Å²) in [6, 6.07) is -7.15. The number of nitrogens with one attached hydrogen (secondary N) is 6. The van der Waals surface area contributed by atoms with Gasteiger partial charge in [-0.25, -0.2) is 0 Å². The normalized spacial score (nSPS) is 16.1. The minimum absolute atomic E-state index is 0.0154. The highest BCUT2D eigenvalue weighted by Gasteiger charge is 2.40. The van der Waals surface area contributed by atoms with E-state index in [2.05, 4.69) is 36.9 Å². The number of nitrogens with zero attached hydrogens (tertiary/aromatic N) is 1. The standard InChI is InChI=1S/C70H128N14O15/c1-13-42(9)49(68(98)82-54(63(75)93)33-40(5)6)37-58(90)61(41(7)8)83-69(99)50(44(11)85)38-59(91)62(45(12)86)84-67(97)47(22-15-18-28-71)36-57(89)53(32-39(3)4)81-64(94)43(10)34-55(87)51(24-16-19-29-72)80-66(96)48(23-21-31-78-70(76)77)35-56(88)52(25-17-20-30-73)79-65(95)46(14-2)26-27-60(74)92/h39-54,61-62,85-86H,13-38,71-73H2,1-12H3,(H2,74,92)(H2,75,93)(H,79,95)(H,80,96)(H,81,94)(H,82,98)(H,83,99)(H,84,97)(H4,76,77,78)/t42-,43+,44+,45+,46-,47+,48+,49-,50-,51-,52-,53-,54-,61-,62-/m0/s1. The van der Waals surface area contributed by atoms with Crippen molar-refractivity contribution in [3.8, 4) is 0 Å². The first kappa shape index (κ1) is 92.2. The van der Waals surface area contributed by atoms with Crippen molar-refractivity contribution in [1.82, 2.24) is 31.9 Å². The van der Waals surface area contributed by atoms with Crippen LogP contribution in [-0.4, -0.2) is 167 Å². The van der Waals surface area contributed by atoms with Gasteiger partial charge in [0.1, 0.15) is 12.1 Å². The summed E-state index contributed by atoms with van der Waals surface area (Å²) in [6.45, 7) is 21.1. The molecule has 0 aliphatic heterocycles. The summed E-state index contributed by atoms with van der Waals surface area (Å²) in [5, 5.41) is 38.4. The molecule has 0 aliphatic rings. The van der Waals surface area contributed by atoms with Crippen molar-refractivity contribution in [1.29, 1.82) is 0 Å². The van der Waals surface area contributed by atoms with Crippen LogP contribution in [0.25, 0.3) is 0 Å². The summed E-state index contributed by atoms with van der Waals surface area (Å²) in [5.41, 5.74) is 39.5. The fourth-order valence-electron chi connectivity index (χ4n) is 11.7. The number of amides is 8. The first-order valence-corrected chi connectivity index (χ1v) is 36.0. The molecule has 99 heavy (non-hydrogen) atoms. The Labute approximate surface area is 587 Å². The van der Waals surface area contributed by atoms with Gasteiger partial charge in [-0.05, 0) is 147 Å². The highest BCUT2D eigenvalue weighted by atomic mass is 16.3. The molecule has 0 aromatic carbocycles. The predicted octanol–water partition coefficient (Wildman–Crippen LogP) is 1.57. The van der Waals surface area contributed by atoms with E-state index in [0.29, 0.717) is 57.9 Å². The zero-order valence-corrected chi connectivity index (χ0v) is 61.5. The van der Waals surface area contributed by atoms with Crippen LogP contribution in [0.2, 0.25) is 0 Å². The van der Waals surface area contributed by atoms with Gasteiger partial charge in [0.05, 0.1) is 42.3 Å². The molecule has 0 aromatic rings. The topological polar surface area (TPSA) is 529 Å². The van der Waals surface area contributed by atoms with Crippen LogP contribution in [0.1, 0.15) is 224 Å². The van der Waals surface area contributed by atoms with Crippen LogP contribution in [0.4, 0.5) is 0 Å². The van der Waals surface area contributed by atoms with E-state index in [9.17, 15) is 72.5 Å². The van der Waals surface area contributed by atoms with Crippen molar-refractivity contribution >= 4 is 82.1 Å². The van der Waals surface area contributed by atoms with Crippen molar-refractivity contribution in [2.45, 2.75) is 273 Å². The second kappa shape index (κ2) is 49.7. The van der Waals surface area contributed by atoms with Crippen LogP contribution in [0.3, 0.4) is 0 Å². The number of primary amides is 2. The van der Waals surface area contributed by atoms with Crippen molar-refractivity contribution in [2.75, 3.05) is 26.2 Å². The van der Waals surface area contributed by atoms with E-state index in [1.54, 1.807) is 27.7 Å². The lowest BCUT2D eigenvalue weighted by Crippen LogP contribution is -2.53. The predicted molar refractivity (Wildman–Crippen MR) is 379 cm³/mol. The van der Waals surface area contributed by atoms with Crippen molar-refractivity contribution in [3.05, 3.63) is 0 Å². The van der Waals surface area contributed by atoms with Crippen molar-refractivity contribution < 1.29 is 72.5 Å². The van der Waals surface area contributed by atoms with Gasteiger partial charge >= 0.3 is 0 Å². The second-order valence-corrected chi connectivity index (χ2v) is 28.3. The average Bonchev–Trinajstić information content (AvgIpc) is 0.853. The quantitative estimate of drug-likeness (QED) is 0.0233. The zero-order chi connectivity index (χ0) is 75.8. The van der Waals surface area contributed by atoms with E-state index in [1.165, 1.54) is 20.8 Å². The van der Waals surface area contributed by atoms with Crippen LogP contribution >= 0.6 is 0 Å². The van der Waals surface area contributed by atoms with Crippen molar-refractivity contribution in [2.24, 2.45) is 104 Å². The van der Waals surface area contributed by atoms with Gasteiger partial charge < -0.3 is 82.2 Å². The number of aliphatic hydroxyl groups is 2. The first-order chi connectivity index (χ1) is 46.4. The number of carbonyl (C=O) groups excluding carboxylic acids is 13. The summed E-state index contributed by atoms with van der Waals surface area (Å²) < 4.78 is 0. The number of aliphatic imine (C=N–C) groups is 1. The first-order valence-electron chi connectivity index (χ1n) is 36.0. The van der Waals surface area contributed by atoms with Gasteiger partial charge in [-0.1, -0.05) is 82.1 Å². The molecule has 0 aliphatic carbocycles. The molecular weight excluding hydrogens is 1280 g/mol. The van der Waals surface area contributed by atoms with Gasteiger partial charge in [0.15, 0.2) is 34.9 Å². The molecule has 0 unspecified atom stereocenters. The fourth-order valence-corrected chi connectivity index (χ4v) is 11.7. The summed E-state index contributed by atoms with van der Waals surface area (Å²) in [4.78, 5) is 183. The number of guanidine groups is 1. The zero-order valence-electron chi connectivity index (χ0n) is 61.5. The Kier molecular flexibility index (Phi) is 46.3. The number of carbonyl (C=O) groups is 13. The Morgan fingerprint density at radius 1 is 0.394 bits per heavy atom. The van der Waals surface area contributed by atoms with Gasteiger partial charge in [-0.15, -0.1) is 0 Å². The molecule has 29 heteroatoms. The van der Waals surface area contributed by atoms with Crippen molar-refractivity contribution in [3.63, 3.8) is 0 Å². The molecule has 0 bridgehead atoms. The lowest BCUT2D eigenvalue weighted by atomic mass is 9.83. The Bertz CT molecular complexity index is 2600. The number of rotatable bonds is 57. The SMILES string of the molecule is CC[C@@H](CCC(N)=O)C(=O)N[C@@H](CCCCN)C(=O)C[C@@H](CCCN=C(N)N)C(=O)N[C@@H](CCCCN)C(=O)C[C@@H](C)C(=O)N[C@@H](CC(C)C)C(=O)C[C@@H](CCCCN)C(=O)N[C@H](C(=O)C[C@H](C(=O)N[C@H](C(=O)C[C@H](C(=O)N[C@@H](CC(C)C)C(N)=O)[C@@H](C)CC)C(C)C)[C@@H](C)O)[C@@H](C)O. The van der Waals surface area contributed by atoms with Gasteiger partial charge in [0, 0.05) is 74.7 Å². The minimum atomic E-state index is -1.65. The average molecular weight is 1410 g/mol. The maximum atomic E-state index is 14.5. The molecule has 0 rings (SSSR count). The Balaban J connectivity index is 6.85. The summed E-state index contributed by atoms with van der Waals surface area (Å²) in [6.07, 6.45) is -0.369. The Morgan fingerprint density at radius 3 is 1.25 bits per heavy atom. The number of Topliss-reactive ketones (excluding diaryl/α,β-unsaturated/α-hetero) is 5. The molecule has 0 saturated heterocycles. The van der Waals surface area contributed by atoms with E-state index in [-0.39, 0.29) is 114 Å². The van der Waals surface area contributed by atoms with Gasteiger partial charge in [0.25, 0.3) is 0 Å². The third-order valence-corrected chi connectivity index (χ3v) is 18.2. The fraction of sp³-hybridized carbons (Fsp3) is 0.800. The molecule has 0 aromatic heterocycles. The smallest absolute Gasteiger partial charge is 0.240 e. The maximum Gasteiger partial charge on any atom is 0.240 e.